The number of nitrogens with zero attached hydrogens (tertiary/aromatic N) is 1. The Bertz CT molecular complexity index is 420. The normalized spacial score (nSPS) is 11.2. The summed E-state index contributed by atoms with van der Waals surface area (Å²) in [5.74, 6) is 0. The smallest absolute Gasteiger partial charge is 0.390 e. The topological polar surface area (TPSA) is 81.2 Å². The van der Waals surface area contributed by atoms with Gasteiger partial charge in [-0.3, -0.25) is 10.1 Å². The number of rotatable bonds is 4. The van der Waals surface area contributed by atoms with Gasteiger partial charge in [0, 0.05) is 18.3 Å². The summed E-state index contributed by atoms with van der Waals surface area (Å²) < 4.78 is 35.6. The van der Waals surface area contributed by atoms with E-state index in [4.69, 9.17) is 5.73 Å². The van der Waals surface area contributed by atoms with Gasteiger partial charge in [0.25, 0.3) is 5.69 Å². The molecule has 0 atom stereocenters. The second-order valence-corrected chi connectivity index (χ2v) is 3.32. The summed E-state index contributed by atoms with van der Waals surface area (Å²) in [6, 6.07) is 3.69. The number of hydrogen-bond acceptors (Lipinski definition) is 4. The van der Waals surface area contributed by atoms with Crippen LogP contribution in [0.1, 0.15) is 6.42 Å². The maximum atomic E-state index is 11.9. The number of nitro benzene ring substituents is 1. The molecule has 0 heterocycles. The first-order valence-electron chi connectivity index (χ1n) is 4.64. The molecule has 94 valence electrons. The third-order valence-corrected chi connectivity index (χ3v) is 1.96. The Kier molecular flexibility index (Phi) is 3.77. The van der Waals surface area contributed by atoms with Crippen LogP contribution in [0.25, 0.3) is 0 Å². The second-order valence-electron chi connectivity index (χ2n) is 3.32. The Morgan fingerprint density at radius 1 is 1.41 bits per heavy atom. The third kappa shape index (κ3) is 4.17. The van der Waals surface area contributed by atoms with Crippen LogP contribution < -0.4 is 11.1 Å². The standard InChI is InChI=1S/C9H10F3N3O2/c10-9(11,12)3-4-14-6-1-2-8(15(16)17)7(13)5-6/h1-2,5,14H,3-4,13H2. The molecule has 5 nitrogen and oxygen atoms in total. The average Bonchev–Trinajstić information content (AvgIpc) is 2.15. The number of halogens is 3. The second kappa shape index (κ2) is 4.89. The fourth-order valence-corrected chi connectivity index (χ4v) is 1.18. The molecule has 0 saturated carbocycles. The van der Waals surface area contributed by atoms with Crippen molar-refractivity contribution in [2.45, 2.75) is 12.6 Å². The third-order valence-electron chi connectivity index (χ3n) is 1.96. The van der Waals surface area contributed by atoms with E-state index >= 15 is 0 Å². The lowest BCUT2D eigenvalue weighted by Gasteiger charge is -2.09. The van der Waals surface area contributed by atoms with Gasteiger partial charge in [-0.15, -0.1) is 0 Å². The maximum absolute atomic E-state index is 11.9. The number of nitrogens with one attached hydrogen (secondary N) is 1. The monoisotopic (exact) mass is 249 g/mol. The minimum absolute atomic E-state index is 0.0907. The zero-order chi connectivity index (χ0) is 13.1. The van der Waals surface area contributed by atoms with Crippen molar-refractivity contribution in [1.29, 1.82) is 0 Å². The lowest BCUT2D eigenvalue weighted by Crippen LogP contribution is -2.14. The van der Waals surface area contributed by atoms with E-state index in [-0.39, 0.29) is 17.9 Å². The molecule has 0 saturated heterocycles. The van der Waals surface area contributed by atoms with E-state index < -0.39 is 17.5 Å². The van der Waals surface area contributed by atoms with Gasteiger partial charge in [-0.25, -0.2) is 0 Å². The molecule has 0 unspecified atom stereocenters. The Balaban J connectivity index is 2.62. The van der Waals surface area contributed by atoms with Gasteiger partial charge in [-0.1, -0.05) is 0 Å². The quantitative estimate of drug-likeness (QED) is 0.488. The predicted octanol–water partition coefficient (Wildman–Crippen LogP) is 2.54. The highest BCUT2D eigenvalue weighted by molar-refractivity contribution is 5.65. The number of alkyl halides is 3. The van der Waals surface area contributed by atoms with E-state index in [0.717, 1.165) is 6.07 Å². The zero-order valence-electron chi connectivity index (χ0n) is 8.62. The minimum atomic E-state index is -4.24. The molecular formula is C9H10F3N3O2. The van der Waals surface area contributed by atoms with Crippen molar-refractivity contribution in [2.24, 2.45) is 0 Å². The fourth-order valence-electron chi connectivity index (χ4n) is 1.18. The highest BCUT2D eigenvalue weighted by Crippen LogP contribution is 2.25. The van der Waals surface area contributed by atoms with Gasteiger partial charge >= 0.3 is 6.18 Å². The van der Waals surface area contributed by atoms with Crippen molar-refractivity contribution >= 4 is 17.1 Å². The molecular weight excluding hydrogens is 239 g/mol. The van der Waals surface area contributed by atoms with Crippen molar-refractivity contribution in [3.63, 3.8) is 0 Å². The Labute approximate surface area is 94.6 Å². The van der Waals surface area contributed by atoms with E-state index in [1.54, 1.807) is 0 Å². The van der Waals surface area contributed by atoms with Crippen LogP contribution in [0.5, 0.6) is 0 Å². The predicted molar refractivity (Wildman–Crippen MR) is 56.7 cm³/mol. The van der Waals surface area contributed by atoms with Crippen LogP contribution in [0, 0.1) is 10.1 Å². The Morgan fingerprint density at radius 3 is 2.53 bits per heavy atom. The molecule has 8 heteroatoms. The number of benzene rings is 1. The highest BCUT2D eigenvalue weighted by atomic mass is 19.4. The van der Waals surface area contributed by atoms with Crippen molar-refractivity contribution in [3.8, 4) is 0 Å². The lowest BCUT2D eigenvalue weighted by atomic mass is 10.2. The summed E-state index contributed by atoms with van der Waals surface area (Å²) in [4.78, 5) is 9.78. The molecule has 0 aliphatic carbocycles. The van der Waals surface area contributed by atoms with Crippen molar-refractivity contribution < 1.29 is 18.1 Å². The molecule has 0 fully saturated rings. The van der Waals surface area contributed by atoms with E-state index in [0.29, 0.717) is 5.69 Å². The molecule has 0 aromatic heterocycles. The van der Waals surface area contributed by atoms with Gasteiger partial charge < -0.3 is 11.1 Å². The molecule has 1 aromatic rings. The first-order chi connectivity index (χ1) is 7.79. The number of anilines is 2. The molecule has 0 aliphatic heterocycles. The summed E-state index contributed by atoms with van der Waals surface area (Å²) in [6.07, 6.45) is -5.22. The summed E-state index contributed by atoms with van der Waals surface area (Å²) in [7, 11) is 0. The largest absolute Gasteiger partial charge is 0.393 e. The van der Waals surface area contributed by atoms with E-state index in [2.05, 4.69) is 5.32 Å². The summed E-state index contributed by atoms with van der Waals surface area (Å²) >= 11 is 0. The molecule has 0 radical (unpaired) electrons. The van der Waals surface area contributed by atoms with Gasteiger partial charge in [0.1, 0.15) is 5.69 Å². The molecule has 0 amide bonds. The molecule has 1 rings (SSSR count). The minimum Gasteiger partial charge on any atom is -0.393 e. The molecule has 17 heavy (non-hydrogen) atoms. The summed E-state index contributed by atoms with van der Waals surface area (Å²) in [5, 5.41) is 12.9. The number of nitrogen functional groups attached to an aromatic ring is 1. The van der Waals surface area contributed by atoms with Crippen LogP contribution in [0.15, 0.2) is 18.2 Å². The zero-order valence-corrected chi connectivity index (χ0v) is 8.62. The van der Waals surface area contributed by atoms with Crippen molar-refractivity contribution in [3.05, 3.63) is 28.3 Å². The van der Waals surface area contributed by atoms with Crippen LogP contribution in [-0.2, 0) is 0 Å². The van der Waals surface area contributed by atoms with Gasteiger partial charge in [0.15, 0.2) is 0 Å². The van der Waals surface area contributed by atoms with Crippen LogP contribution in [0.2, 0.25) is 0 Å². The first-order valence-corrected chi connectivity index (χ1v) is 4.64. The van der Waals surface area contributed by atoms with Crippen molar-refractivity contribution in [1.82, 2.24) is 0 Å². The van der Waals surface area contributed by atoms with Gasteiger partial charge in [-0.05, 0) is 12.1 Å². The van der Waals surface area contributed by atoms with E-state index in [1.807, 2.05) is 0 Å². The van der Waals surface area contributed by atoms with E-state index in [1.165, 1.54) is 12.1 Å². The fraction of sp³-hybridized carbons (Fsp3) is 0.333. The molecule has 1 aromatic carbocycles. The SMILES string of the molecule is Nc1cc(NCCC(F)(F)F)ccc1[N+](=O)[O-]. The van der Waals surface area contributed by atoms with Crippen LogP contribution in [0.4, 0.5) is 30.2 Å². The first kappa shape index (κ1) is 13.1. The van der Waals surface area contributed by atoms with Gasteiger partial charge in [-0.2, -0.15) is 13.2 Å². The number of hydrogen-bond donors (Lipinski definition) is 2. The van der Waals surface area contributed by atoms with Crippen LogP contribution >= 0.6 is 0 Å². The van der Waals surface area contributed by atoms with Crippen LogP contribution in [0.3, 0.4) is 0 Å². The summed E-state index contributed by atoms with van der Waals surface area (Å²) in [5.41, 5.74) is 5.33. The van der Waals surface area contributed by atoms with Crippen LogP contribution in [-0.4, -0.2) is 17.6 Å². The molecule has 3 N–H and O–H groups in total. The summed E-state index contributed by atoms with van der Waals surface area (Å²) in [6.45, 7) is -0.305. The van der Waals surface area contributed by atoms with Gasteiger partial charge in [0.2, 0.25) is 0 Å². The number of nitrogens with two attached hydrogens (primary N) is 1. The molecule has 0 spiro atoms. The lowest BCUT2D eigenvalue weighted by molar-refractivity contribution is -0.383. The number of nitro groups is 1. The van der Waals surface area contributed by atoms with E-state index in [9.17, 15) is 23.3 Å². The Morgan fingerprint density at radius 2 is 2.06 bits per heavy atom. The molecule has 0 aliphatic rings. The Hall–Kier alpha value is -1.99. The van der Waals surface area contributed by atoms with Crippen molar-refractivity contribution in [2.75, 3.05) is 17.6 Å². The molecule has 0 bridgehead atoms. The average molecular weight is 249 g/mol. The maximum Gasteiger partial charge on any atom is 0.390 e. The van der Waals surface area contributed by atoms with Gasteiger partial charge in [0.05, 0.1) is 11.3 Å². The highest BCUT2D eigenvalue weighted by Gasteiger charge is 2.26.